The molecule has 192 valence electrons. The zero-order valence-electron chi connectivity index (χ0n) is 20.3. The summed E-state index contributed by atoms with van der Waals surface area (Å²) in [5.41, 5.74) is -0.250. The van der Waals surface area contributed by atoms with Crippen molar-refractivity contribution < 1.29 is 27.2 Å². The average Bonchev–Trinajstić information content (AvgIpc) is 3.34. The van der Waals surface area contributed by atoms with Crippen molar-refractivity contribution in [2.45, 2.75) is 33.0 Å². The molecule has 0 spiro atoms. The second-order valence-electron chi connectivity index (χ2n) is 8.88. The molecular weight excluding hydrogens is 471 g/mol. The van der Waals surface area contributed by atoms with E-state index < -0.39 is 17.8 Å². The smallest absolute Gasteiger partial charge is 0.418 e. The van der Waals surface area contributed by atoms with Gasteiger partial charge in [0.05, 0.1) is 24.1 Å². The van der Waals surface area contributed by atoms with Crippen molar-refractivity contribution in [2.24, 2.45) is 5.92 Å². The second kappa shape index (κ2) is 12.3. The first-order valence-electron chi connectivity index (χ1n) is 11.7. The van der Waals surface area contributed by atoms with Gasteiger partial charge < -0.3 is 19.5 Å². The summed E-state index contributed by atoms with van der Waals surface area (Å²) in [6.45, 7) is 4.24. The number of hydrogen-bond donors (Lipinski definition) is 1. The molecule has 36 heavy (non-hydrogen) atoms. The van der Waals surface area contributed by atoms with Gasteiger partial charge in [0.2, 0.25) is 5.91 Å². The van der Waals surface area contributed by atoms with Gasteiger partial charge in [0.1, 0.15) is 12.3 Å². The number of hydrogen-bond acceptors (Lipinski definition) is 3. The molecule has 9 heteroatoms. The second-order valence-corrected chi connectivity index (χ2v) is 8.88. The molecule has 0 bridgehead atoms. The Morgan fingerprint density at radius 2 is 1.64 bits per heavy atom. The van der Waals surface area contributed by atoms with Gasteiger partial charge in [-0.25, -0.2) is 4.79 Å². The van der Waals surface area contributed by atoms with E-state index in [4.69, 9.17) is 4.42 Å². The highest BCUT2D eigenvalue weighted by atomic mass is 19.4. The Labute approximate surface area is 208 Å². The molecule has 3 aromatic rings. The number of halogens is 3. The maximum Gasteiger partial charge on any atom is 0.418 e. The molecule has 1 heterocycles. The van der Waals surface area contributed by atoms with Crippen LogP contribution in [0, 0.1) is 5.92 Å². The van der Waals surface area contributed by atoms with Crippen LogP contribution >= 0.6 is 0 Å². The first-order valence-corrected chi connectivity index (χ1v) is 11.7. The number of nitrogens with one attached hydrogen (secondary N) is 1. The molecule has 0 saturated carbocycles. The first kappa shape index (κ1) is 26.8. The molecule has 0 atom stereocenters. The SMILES string of the molecule is CC(C)CN(CC(=O)N(CCc1ccccc1)Cc1ccco1)C(=O)Nc1ccccc1C(F)(F)F. The van der Waals surface area contributed by atoms with Gasteiger partial charge in [0, 0.05) is 13.1 Å². The molecule has 0 saturated heterocycles. The van der Waals surface area contributed by atoms with E-state index in [-0.39, 0.29) is 37.1 Å². The number of rotatable bonds is 10. The minimum Gasteiger partial charge on any atom is -0.467 e. The third kappa shape index (κ3) is 7.90. The monoisotopic (exact) mass is 501 g/mol. The molecule has 1 N–H and O–H groups in total. The number of carbonyl (C=O) groups excluding carboxylic acids is 2. The van der Waals surface area contributed by atoms with E-state index in [1.807, 2.05) is 44.2 Å². The summed E-state index contributed by atoms with van der Waals surface area (Å²) >= 11 is 0. The van der Waals surface area contributed by atoms with Gasteiger partial charge in [0.25, 0.3) is 0 Å². The molecule has 2 aromatic carbocycles. The number of alkyl halides is 3. The van der Waals surface area contributed by atoms with E-state index in [1.54, 1.807) is 17.0 Å². The Balaban J connectivity index is 1.76. The van der Waals surface area contributed by atoms with Crippen molar-refractivity contribution in [2.75, 3.05) is 25.0 Å². The Kier molecular flexibility index (Phi) is 9.16. The topological polar surface area (TPSA) is 65.8 Å². The fourth-order valence-electron chi connectivity index (χ4n) is 3.75. The highest BCUT2D eigenvalue weighted by Crippen LogP contribution is 2.34. The number of anilines is 1. The Morgan fingerprint density at radius 1 is 0.944 bits per heavy atom. The van der Waals surface area contributed by atoms with Crippen LogP contribution in [0.1, 0.15) is 30.7 Å². The number of urea groups is 1. The molecule has 3 rings (SSSR count). The van der Waals surface area contributed by atoms with Crippen LogP contribution in [0.4, 0.5) is 23.7 Å². The molecule has 0 radical (unpaired) electrons. The van der Waals surface area contributed by atoms with Crippen molar-refractivity contribution in [3.05, 3.63) is 89.9 Å². The quantitative estimate of drug-likeness (QED) is 0.367. The lowest BCUT2D eigenvalue weighted by Gasteiger charge is -2.29. The van der Waals surface area contributed by atoms with E-state index in [9.17, 15) is 22.8 Å². The maximum atomic E-state index is 13.4. The minimum atomic E-state index is -4.63. The van der Waals surface area contributed by atoms with Crippen LogP contribution in [-0.4, -0.2) is 41.4 Å². The molecular formula is C27H30F3N3O3. The third-order valence-corrected chi connectivity index (χ3v) is 5.47. The molecule has 0 aliphatic carbocycles. The number of amides is 3. The van der Waals surface area contributed by atoms with E-state index in [0.717, 1.165) is 11.6 Å². The van der Waals surface area contributed by atoms with E-state index in [2.05, 4.69) is 5.32 Å². The number of para-hydroxylation sites is 1. The van der Waals surface area contributed by atoms with E-state index in [1.165, 1.54) is 29.4 Å². The van der Waals surface area contributed by atoms with Gasteiger partial charge in [0.15, 0.2) is 0 Å². The van der Waals surface area contributed by atoms with Crippen LogP contribution in [0.2, 0.25) is 0 Å². The fraction of sp³-hybridized carbons (Fsp3) is 0.333. The predicted molar refractivity (Wildman–Crippen MR) is 131 cm³/mol. The van der Waals surface area contributed by atoms with E-state index in [0.29, 0.717) is 18.7 Å². The summed E-state index contributed by atoms with van der Waals surface area (Å²) in [4.78, 5) is 29.2. The lowest BCUT2D eigenvalue weighted by atomic mass is 10.1. The number of benzene rings is 2. The summed E-state index contributed by atoms with van der Waals surface area (Å²) in [6.07, 6.45) is -2.51. The van der Waals surface area contributed by atoms with Gasteiger partial charge >= 0.3 is 12.2 Å². The molecule has 0 aliphatic heterocycles. The normalized spacial score (nSPS) is 11.4. The van der Waals surface area contributed by atoms with Gasteiger partial charge in [-0.1, -0.05) is 56.3 Å². The van der Waals surface area contributed by atoms with Crippen LogP contribution in [-0.2, 0) is 23.9 Å². The van der Waals surface area contributed by atoms with Crippen LogP contribution in [0.3, 0.4) is 0 Å². The Morgan fingerprint density at radius 3 is 2.28 bits per heavy atom. The largest absolute Gasteiger partial charge is 0.467 e. The fourth-order valence-corrected chi connectivity index (χ4v) is 3.75. The third-order valence-electron chi connectivity index (χ3n) is 5.47. The summed E-state index contributed by atoms with van der Waals surface area (Å²) in [5, 5.41) is 2.35. The molecule has 3 amide bonds. The van der Waals surface area contributed by atoms with Crippen molar-refractivity contribution >= 4 is 17.6 Å². The number of furan rings is 1. The standard InChI is InChI=1S/C27H30F3N3O3/c1-20(2)17-33(26(35)31-24-13-7-6-12-23(24)27(28,29)30)19-25(34)32(18-22-11-8-16-36-22)15-14-21-9-4-3-5-10-21/h3-13,16,20H,14-15,17-19H2,1-2H3,(H,31,35). The highest BCUT2D eigenvalue weighted by molar-refractivity contribution is 5.93. The van der Waals surface area contributed by atoms with Gasteiger partial charge in [-0.2, -0.15) is 13.2 Å². The summed E-state index contributed by atoms with van der Waals surface area (Å²) < 4.78 is 45.6. The lowest BCUT2D eigenvalue weighted by Crippen LogP contribution is -2.46. The van der Waals surface area contributed by atoms with Crippen LogP contribution < -0.4 is 5.32 Å². The number of nitrogens with zero attached hydrogens (tertiary/aromatic N) is 2. The Hall–Kier alpha value is -3.75. The van der Waals surface area contributed by atoms with Gasteiger partial charge in [-0.05, 0) is 42.2 Å². The van der Waals surface area contributed by atoms with Crippen molar-refractivity contribution in [3.8, 4) is 0 Å². The van der Waals surface area contributed by atoms with Crippen LogP contribution in [0.25, 0.3) is 0 Å². The predicted octanol–water partition coefficient (Wildman–Crippen LogP) is 6.06. The summed E-state index contributed by atoms with van der Waals surface area (Å²) in [6, 6.07) is 17.2. The highest BCUT2D eigenvalue weighted by Gasteiger charge is 2.34. The summed E-state index contributed by atoms with van der Waals surface area (Å²) in [5.74, 6) is 0.252. The summed E-state index contributed by atoms with van der Waals surface area (Å²) in [7, 11) is 0. The molecule has 0 unspecified atom stereocenters. The van der Waals surface area contributed by atoms with Crippen LogP contribution in [0.15, 0.2) is 77.4 Å². The molecule has 6 nitrogen and oxygen atoms in total. The Bertz CT molecular complexity index is 1120. The molecule has 1 aromatic heterocycles. The zero-order valence-corrected chi connectivity index (χ0v) is 20.3. The first-order chi connectivity index (χ1) is 17.1. The van der Waals surface area contributed by atoms with E-state index >= 15 is 0 Å². The van der Waals surface area contributed by atoms with Crippen molar-refractivity contribution in [3.63, 3.8) is 0 Å². The minimum absolute atomic E-state index is 0.00995. The lowest BCUT2D eigenvalue weighted by molar-refractivity contribution is -0.137. The number of carbonyl (C=O) groups is 2. The molecule has 0 aliphatic rings. The zero-order chi connectivity index (χ0) is 26.1. The van der Waals surface area contributed by atoms with Gasteiger partial charge in [-0.3, -0.25) is 4.79 Å². The van der Waals surface area contributed by atoms with Crippen LogP contribution in [0.5, 0.6) is 0 Å². The van der Waals surface area contributed by atoms with Crippen molar-refractivity contribution in [1.29, 1.82) is 0 Å². The van der Waals surface area contributed by atoms with Gasteiger partial charge in [-0.15, -0.1) is 0 Å². The average molecular weight is 502 g/mol. The van der Waals surface area contributed by atoms with Crippen molar-refractivity contribution in [1.82, 2.24) is 9.80 Å². The molecule has 0 fully saturated rings. The maximum absolute atomic E-state index is 13.4.